The summed E-state index contributed by atoms with van der Waals surface area (Å²) >= 11 is 5.77. The molecule has 68 valence electrons. The standard InChI is InChI=1S/C8H8ClN3O/c9-6-1-3-12-8(5-6)10-7(11-12)2-4-13/h1,3,5,13H,2,4H2. The van der Waals surface area contributed by atoms with Crippen LogP contribution in [0.1, 0.15) is 5.82 Å². The largest absolute Gasteiger partial charge is 0.396 e. The van der Waals surface area contributed by atoms with E-state index in [9.17, 15) is 0 Å². The molecule has 0 unspecified atom stereocenters. The lowest BCUT2D eigenvalue weighted by atomic mass is 10.4. The Labute approximate surface area is 79.8 Å². The third-order valence-corrected chi connectivity index (χ3v) is 1.91. The van der Waals surface area contributed by atoms with E-state index < -0.39 is 0 Å². The lowest BCUT2D eigenvalue weighted by molar-refractivity contribution is 0.296. The number of hydrogen-bond donors (Lipinski definition) is 1. The molecule has 0 aliphatic rings. The molecule has 0 atom stereocenters. The summed E-state index contributed by atoms with van der Waals surface area (Å²) in [6, 6.07) is 3.47. The molecule has 2 heterocycles. The van der Waals surface area contributed by atoms with E-state index in [1.807, 2.05) is 0 Å². The molecule has 0 aliphatic carbocycles. The van der Waals surface area contributed by atoms with Gasteiger partial charge in [0.05, 0.1) is 6.61 Å². The van der Waals surface area contributed by atoms with Crippen LogP contribution in [0.15, 0.2) is 18.3 Å². The number of nitrogens with zero attached hydrogens (tertiary/aromatic N) is 3. The summed E-state index contributed by atoms with van der Waals surface area (Å²) in [5.74, 6) is 0.629. The van der Waals surface area contributed by atoms with Gasteiger partial charge in [0.25, 0.3) is 0 Å². The Hall–Kier alpha value is -1.13. The van der Waals surface area contributed by atoms with Crippen LogP contribution < -0.4 is 0 Å². The minimum absolute atomic E-state index is 0.0601. The molecule has 0 amide bonds. The second-order valence-electron chi connectivity index (χ2n) is 2.65. The molecule has 2 aromatic heterocycles. The van der Waals surface area contributed by atoms with Crippen LogP contribution in [0.4, 0.5) is 0 Å². The highest BCUT2D eigenvalue weighted by molar-refractivity contribution is 6.30. The fourth-order valence-corrected chi connectivity index (χ4v) is 1.26. The zero-order valence-electron chi connectivity index (χ0n) is 6.81. The number of aliphatic hydroxyl groups excluding tert-OH is 1. The van der Waals surface area contributed by atoms with E-state index in [0.717, 1.165) is 0 Å². The normalized spacial score (nSPS) is 10.9. The molecular weight excluding hydrogens is 190 g/mol. The van der Waals surface area contributed by atoms with Crippen LogP contribution >= 0.6 is 11.6 Å². The van der Waals surface area contributed by atoms with Crippen LogP contribution in [0.3, 0.4) is 0 Å². The summed E-state index contributed by atoms with van der Waals surface area (Å²) in [6.45, 7) is 0.0601. The number of aliphatic hydroxyl groups is 1. The predicted octanol–water partition coefficient (Wildman–Crippen LogP) is 0.918. The number of halogens is 1. The average molecular weight is 198 g/mol. The second-order valence-corrected chi connectivity index (χ2v) is 3.09. The van der Waals surface area contributed by atoms with Crippen molar-refractivity contribution < 1.29 is 5.11 Å². The van der Waals surface area contributed by atoms with Crippen molar-refractivity contribution in [1.82, 2.24) is 14.6 Å². The molecular formula is C8H8ClN3O. The summed E-state index contributed by atoms with van der Waals surface area (Å²) in [5.41, 5.74) is 0.705. The molecule has 2 rings (SSSR count). The summed E-state index contributed by atoms with van der Waals surface area (Å²) in [6.07, 6.45) is 2.21. The smallest absolute Gasteiger partial charge is 0.157 e. The zero-order valence-corrected chi connectivity index (χ0v) is 7.57. The summed E-state index contributed by atoms with van der Waals surface area (Å²) in [4.78, 5) is 4.17. The monoisotopic (exact) mass is 197 g/mol. The molecule has 2 aromatic rings. The van der Waals surface area contributed by atoms with E-state index in [1.165, 1.54) is 0 Å². The predicted molar refractivity (Wildman–Crippen MR) is 48.8 cm³/mol. The third-order valence-electron chi connectivity index (χ3n) is 1.68. The van der Waals surface area contributed by atoms with Gasteiger partial charge in [-0.05, 0) is 6.07 Å². The lowest BCUT2D eigenvalue weighted by Gasteiger charge is -1.89. The first-order valence-corrected chi connectivity index (χ1v) is 4.29. The Bertz CT molecular complexity index is 426. The van der Waals surface area contributed by atoms with Gasteiger partial charge in [0, 0.05) is 23.7 Å². The molecule has 4 nitrogen and oxygen atoms in total. The number of fused-ring (bicyclic) bond motifs is 1. The van der Waals surface area contributed by atoms with Crippen LogP contribution in [-0.4, -0.2) is 26.3 Å². The quantitative estimate of drug-likeness (QED) is 0.779. The van der Waals surface area contributed by atoms with E-state index in [1.54, 1.807) is 22.8 Å². The fraction of sp³-hybridized carbons (Fsp3) is 0.250. The minimum atomic E-state index is 0.0601. The van der Waals surface area contributed by atoms with Gasteiger partial charge in [-0.2, -0.15) is 5.10 Å². The van der Waals surface area contributed by atoms with Gasteiger partial charge >= 0.3 is 0 Å². The van der Waals surface area contributed by atoms with E-state index >= 15 is 0 Å². The van der Waals surface area contributed by atoms with Crippen LogP contribution in [0.5, 0.6) is 0 Å². The van der Waals surface area contributed by atoms with Gasteiger partial charge in [-0.15, -0.1) is 0 Å². The summed E-state index contributed by atoms with van der Waals surface area (Å²) in [5, 5.41) is 13.4. The number of aromatic nitrogens is 3. The SMILES string of the molecule is OCCc1nc2cc(Cl)ccn2n1. The second kappa shape index (κ2) is 3.32. The molecule has 0 saturated heterocycles. The Kier molecular flexibility index (Phi) is 2.16. The van der Waals surface area contributed by atoms with Crippen molar-refractivity contribution in [1.29, 1.82) is 0 Å². The molecule has 0 spiro atoms. The van der Waals surface area contributed by atoms with Crippen molar-refractivity contribution in [3.63, 3.8) is 0 Å². The minimum Gasteiger partial charge on any atom is -0.396 e. The highest BCUT2D eigenvalue weighted by atomic mass is 35.5. The van der Waals surface area contributed by atoms with Crippen molar-refractivity contribution in [2.24, 2.45) is 0 Å². The maximum Gasteiger partial charge on any atom is 0.157 e. The Morgan fingerprint density at radius 3 is 3.15 bits per heavy atom. The molecule has 0 fully saturated rings. The van der Waals surface area contributed by atoms with Crippen molar-refractivity contribution in [3.05, 3.63) is 29.2 Å². The molecule has 0 aliphatic heterocycles. The first-order chi connectivity index (χ1) is 6.29. The molecule has 0 bridgehead atoms. The molecule has 5 heteroatoms. The first-order valence-electron chi connectivity index (χ1n) is 3.91. The van der Waals surface area contributed by atoms with Gasteiger partial charge in [0.15, 0.2) is 11.5 Å². The maximum absolute atomic E-state index is 8.68. The number of pyridine rings is 1. The molecule has 0 saturated carbocycles. The highest BCUT2D eigenvalue weighted by Gasteiger charge is 2.02. The topological polar surface area (TPSA) is 50.4 Å². The van der Waals surface area contributed by atoms with Gasteiger partial charge in [-0.1, -0.05) is 11.6 Å². The van der Waals surface area contributed by atoms with E-state index in [4.69, 9.17) is 16.7 Å². The zero-order chi connectivity index (χ0) is 9.26. The molecule has 0 aromatic carbocycles. The Morgan fingerprint density at radius 1 is 1.54 bits per heavy atom. The van der Waals surface area contributed by atoms with Crippen molar-refractivity contribution in [2.75, 3.05) is 6.61 Å². The Balaban J connectivity index is 2.49. The number of hydrogen-bond acceptors (Lipinski definition) is 3. The van der Waals surface area contributed by atoms with Crippen molar-refractivity contribution in [3.8, 4) is 0 Å². The number of rotatable bonds is 2. The third kappa shape index (κ3) is 1.64. The Morgan fingerprint density at radius 2 is 2.38 bits per heavy atom. The fourth-order valence-electron chi connectivity index (χ4n) is 1.11. The van der Waals surface area contributed by atoms with Crippen molar-refractivity contribution >= 4 is 17.2 Å². The molecule has 1 N–H and O–H groups in total. The summed E-state index contributed by atoms with van der Waals surface area (Å²) in [7, 11) is 0. The summed E-state index contributed by atoms with van der Waals surface area (Å²) < 4.78 is 1.64. The average Bonchev–Trinajstić information content (AvgIpc) is 2.46. The van der Waals surface area contributed by atoms with E-state index in [2.05, 4.69) is 10.1 Å². The van der Waals surface area contributed by atoms with Gasteiger partial charge in [0.2, 0.25) is 0 Å². The lowest BCUT2D eigenvalue weighted by Crippen LogP contribution is -1.93. The highest BCUT2D eigenvalue weighted by Crippen LogP contribution is 2.10. The van der Waals surface area contributed by atoms with Gasteiger partial charge in [-0.3, -0.25) is 0 Å². The van der Waals surface area contributed by atoms with Crippen LogP contribution in [0.2, 0.25) is 5.02 Å². The van der Waals surface area contributed by atoms with Crippen molar-refractivity contribution in [2.45, 2.75) is 6.42 Å². The first kappa shape index (κ1) is 8.47. The molecule has 0 radical (unpaired) electrons. The molecule has 13 heavy (non-hydrogen) atoms. The van der Waals surface area contributed by atoms with Crippen LogP contribution in [0, 0.1) is 0 Å². The maximum atomic E-state index is 8.68. The van der Waals surface area contributed by atoms with Crippen LogP contribution in [0.25, 0.3) is 5.65 Å². The van der Waals surface area contributed by atoms with Gasteiger partial charge in [-0.25, -0.2) is 9.50 Å². The van der Waals surface area contributed by atoms with Gasteiger partial charge < -0.3 is 5.11 Å². The van der Waals surface area contributed by atoms with Crippen LogP contribution in [-0.2, 0) is 6.42 Å². The van der Waals surface area contributed by atoms with E-state index in [-0.39, 0.29) is 6.61 Å². The van der Waals surface area contributed by atoms with Gasteiger partial charge in [0.1, 0.15) is 0 Å². The van der Waals surface area contributed by atoms with E-state index in [0.29, 0.717) is 22.9 Å².